The van der Waals surface area contributed by atoms with Crippen LogP contribution >= 0.6 is 0 Å². The first-order chi connectivity index (χ1) is 21.3. The van der Waals surface area contributed by atoms with E-state index in [9.17, 15) is 13.9 Å². The van der Waals surface area contributed by atoms with Crippen LogP contribution in [0, 0.1) is 24.0 Å². The minimum absolute atomic E-state index is 0.00778. The molecule has 226 valence electrons. The van der Waals surface area contributed by atoms with Crippen LogP contribution in [0.5, 0.6) is 11.8 Å². The number of hydrogen-bond donors (Lipinski definition) is 2. The molecule has 4 saturated heterocycles. The molecule has 8 rings (SSSR count). The summed E-state index contributed by atoms with van der Waals surface area (Å²) in [6, 6.07) is 6.07. The third-order valence-electron chi connectivity index (χ3n) is 9.84. The highest BCUT2D eigenvalue weighted by molar-refractivity contribution is 6.03. The van der Waals surface area contributed by atoms with Gasteiger partial charge in [-0.3, -0.25) is 9.88 Å². The van der Waals surface area contributed by atoms with Gasteiger partial charge >= 0.3 is 6.01 Å². The van der Waals surface area contributed by atoms with Gasteiger partial charge in [-0.2, -0.15) is 9.97 Å². The number of alkyl halides is 1. The maximum Gasteiger partial charge on any atom is 0.319 e. The van der Waals surface area contributed by atoms with E-state index >= 15 is 4.39 Å². The number of ether oxygens (including phenoxy) is 1. The van der Waals surface area contributed by atoms with Gasteiger partial charge in [-0.15, -0.1) is 6.42 Å². The first-order valence-corrected chi connectivity index (χ1v) is 15.1. The van der Waals surface area contributed by atoms with Crippen molar-refractivity contribution in [1.82, 2.24) is 25.2 Å². The second kappa shape index (κ2) is 10.2. The zero-order valence-corrected chi connectivity index (χ0v) is 24.0. The number of fused-ring (bicyclic) bond motifs is 5. The lowest BCUT2D eigenvalue weighted by atomic mass is 9.95. The highest BCUT2D eigenvalue weighted by Crippen LogP contribution is 2.42. The fourth-order valence-corrected chi connectivity index (χ4v) is 7.89. The van der Waals surface area contributed by atoms with E-state index in [0.29, 0.717) is 54.7 Å². The average Bonchev–Trinajstić information content (AvgIpc) is 3.66. The highest BCUT2D eigenvalue weighted by atomic mass is 19.1. The molecule has 2 N–H and O–H groups in total. The normalized spacial score (nSPS) is 26.4. The lowest BCUT2D eigenvalue weighted by molar-refractivity contribution is 0.107. The predicted molar refractivity (Wildman–Crippen MR) is 160 cm³/mol. The van der Waals surface area contributed by atoms with E-state index in [2.05, 4.69) is 31.0 Å². The summed E-state index contributed by atoms with van der Waals surface area (Å²) in [4.78, 5) is 18.1. The first kappa shape index (κ1) is 27.4. The molecule has 2 bridgehead atoms. The number of nitrogens with zero attached hydrogens (tertiary/aromatic N) is 5. The summed E-state index contributed by atoms with van der Waals surface area (Å²) in [6.07, 6.45) is 10.5. The van der Waals surface area contributed by atoms with Gasteiger partial charge in [-0.05, 0) is 55.8 Å². The Bertz CT molecular complexity index is 1850. The fraction of sp³-hybridized carbons (Fsp3) is 0.424. The molecule has 4 aliphatic heterocycles. The molecule has 0 aliphatic carbocycles. The smallest absolute Gasteiger partial charge is 0.319 e. The molecule has 2 unspecified atom stereocenters. The van der Waals surface area contributed by atoms with Gasteiger partial charge in [0, 0.05) is 55.3 Å². The van der Waals surface area contributed by atoms with Crippen molar-refractivity contribution in [3.05, 3.63) is 47.7 Å². The van der Waals surface area contributed by atoms with Crippen LogP contribution in [0.25, 0.3) is 32.9 Å². The van der Waals surface area contributed by atoms with Gasteiger partial charge in [0.1, 0.15) is 41.4 Å². The molecular formula is C33H31F3N6O2. The maximum absolute atomic E-state index is 16.7. The van der Waals surface area contributed by atoms with Gasteiger partial charge in [0.05, 0.1) is 16.5 Å². The van der Waals surface area contributed by atoms with Crippen LogP contribution in [0.2, 0.25) is 0 Å². The van der Waals surface area contributed by atoms with Crippen molar-refractivity contribution in [3.8, 4) is 35.4 Å². The molecule has 6 heterocycles. The number of phenolic OH excluding ortho intramolecular Hbond substituents is 1. The number of hydrogen-bond acceptors (Lipinski definition) is 8. The molecule has 2 aromatic heterocycles. The van der Waals surface area contributed by atoms with Crippen LogP contribution in [0.1, 0.15) is 37.7 Å². The number of aromatic nitrogens is 3. The molecule has 0 amide bonds. The summed E-state index contributed by atoms with van der Waals surface area (Å²) in [5.41, 5.74) is -0.468. The number of anilines is 1. The van der Waals surface area contributed by atoms with Crippen molar-refractivity contribution in [3.63, 3.8) is 0 Å². The van der Waals surface area contributed by atoms with Crippen molar-refractivity contribution < 1.29 is 23.0 Å². The molecule has 0 radical (unpaired) electrons. The van der Waals surface area contributed by atoms with Crippen LogP contribution < -0.4 is 15.0 Å². The first-order valence-electron chi connectivity index (χ1n) is 15.1. The Balaban J connectivity index is 1.28. The van der Waals surface area contributed by atoms with Gasteiger partial charge in [-0.25, -0.2) is 13.2 Å². The topological polar surface area (TPSA) is 86.6 Å². The molecule has 2 aromatic carbocycles. The van der Waals surface area contributed by atoms with Crippen molar-refractivity contribution >= 4 is 27.5 Å². The number of benzene rings is 2. The number of pyridine rings is 1. The number of terminal acetylenes is 1. The summed E-state index contributed by atoms with van der Waals surface area (Å²) in [5.74, 6) is 1.35. The zero-order valence-electron chi connectivity index (χ0n) is 24.0. The van der Waals surface area contributed by atoms with Crippen LogP contribution in [0.3, 0.4) is 0 Å². The summed E-state index contributed by atoms with van der Waals surface area (Å²) in [7, 11) is 0. The van der Waals surface area contributed by atoms with E-state index in [1.54, 1.807) is 0 Å². The van der Waals surface area contributed by atoms with Crippen molar-refractivity contribution in [1.29, 1.82) is 0 Å². The quantitative estimate of drug-likeness (QED) is 0.319. The van der Waals surface area contributed by atoms with E-state index in [4.69, 9.17) is 16.1 Å². The molecule has 0 spiro atoms. The summed E-state index contributed by atoms with van der Waals surface area (Å²) in [6.45, 7) is 2.79. The van der Waals surface area contributed by atoms with E-state index < -0.39 is 23.3 Å². The fourth-order valence-electron chi connectivity index (χ4n) is 7.89. The number of halogens is 3. The Labute approximate surface area is 252 Å². The van der Waals surface area contributed by atoms with Crippen molar-refractivity contribution in [2.75, 3.05) is 37.7 Å². The molecule has 44 heavy (non-hydrogen) atoms. The summed E-state index contributed by atoms with van der Waals surface area (Å²) >= 11 is 0. The number of aromatic hydroxyl groups is 1. The Morgan fingerprint density at radius 1 is 1.14 bits per heavy atom. The summed E-state index contributed by atoms with van der Waals surface area (Å²) in [5, 5.41) is 15.2. The number of phenols is 1. The molecule has 4 aliphatic rings. The molecule has 0 saturated carbocycles. The second-order valence-corrected chi connectivity index (χ2v) is 12.6. The standard InChI is InChI=1S/C33H31F3N6O2/c1-2-23-26(35)7-4-18-10-22(43)11-24(27(18)23)29-28(36)30-25(13-37-29)31(41-15-20-5-6-21(16-41)38-20)40-32(39-30)44-17-33-8-3-9-42(33)14-19(34)12-33/h1,4,7,10-11,13,19-21,38,43H,3,5-6,8-9,12,14-17H2/t19-,20?,21?,33+/m0/s1. The summed E-state index contributed by atoms with van der Waals surface area (Å²) < 4.78 is 52.2. The van der Waals surface area contributed by atoms with E-state index in [-0.39, 0.29) is 46.1 Å². The Morgan fingerprint density at radius 2 is 1.95 bits per heavy atom. The van der Waals surface area contributed by atoms with Crippen LogP contribution in [0.15, 0.2) is 30.5 Å². The Kier molecular flexibility index (Phi) is 6.36. The van der Waals surface area contributed by atoms with E-state index in [0.717, 1.165) is 32.2 Å². The Morgan fingerprint density at radius 3 is 2.75 bits per heavy atom. The van der Waals surface area contributed by atoms with E-state index in [1.165, 1.54) is 30.5 Å². The molecular weight excluding hydrogens is 569 g/mol. The van der Waals surface area contributed by atoms with Crippen molar-refractivity contribution in [2.24, 2.45) is 0 Å². The SMILES string of the molecule is C#Cc1c(F)ccc2cc(O)cc(-c3ncc4c(N5CC6CCC(C5)N6)nc(OC[C@]56CCCN5C[C@@H](F)C6)nc4c3F)c12. The van der Waals surface area contributed by atoms with Gasteiger partial charge in [-0.1, -0.05) is 12.0 Å². The van der Waals surface area contributed by atoms with Gasteiger partial charge in [0.2, 0.25) is 0 Å². The lowest BCUT2D eigenvalue weighted by Crippen LogP contribution is -2.51. The monoisotopic (exact) mass is 600 g/mol. The van der Waals surface area contributed by atoms with Crippen LogP contribution in [-0.4, -0.2) is 81.5 Å². The van der Waals surface area contributed by atoms with Gasteiger partial charge in [0.15, 0.2) is 5.82 Å². The van der Waals surface area contributed by atoms with Gasteiger partial charge in [0.25, 0.3) is 0 Å². The number of rotatable bonds is 5. The number of nitrogens with one attached hydrogen (secondary N) is 1. The third kappa shape index (κ3) is 4.34. The largest absolute Gasteiger partial charge is 0.508 e. The van der Waals surface area contributed by atoms with E-state index in [1.807, 2.05) is 0 Å². The minimum Gasteiger partial charge on any atom is -0.508 e. The second-order valence-electron chi connectivity index (χ2n) is 12.6. The molecule has 4 fully saturated rings. The molecule has 4 aromatic rings. The lowest BCUT2D eigenvalue weighted by Gasteiger charge is -2.34. The average molecular weight is 601 g/mol. The zero-order chi connectivity index (χ0) is 30.2. The van der Waals surface area contributed by atoms with Gasteiger partial charge < -0.3 is 20.1 Å². The third-order valence-corrected chi connectivity index (χ3v) is 9.84. The minimum atomic E-state index is -0.913. The van der Waals surface area contributed by atoms with Crippen molar-refractivity contribution in [2.45, 2.75) is 55.9 Å². The van der Waals surface area contributed by atoms with Crippen LogP contribution in [0.4, 0.5) is 19.0 Å². The predicted octanol–water partition coefficient (Wildman–Crippen LogP) is 4.71. The number of piperazine rings is 1. The molecule has 4 atom stereocenters. The molecule has 11 heteroatoms. The van der Waals surface area contributed by atoms with Crippen LogP contribution in [-0.2, 0) is 0 Å². The molecule has 8 nitrogen and oxygen atoms in total. The maximum atomic E-state index is 16.7. The highest BCUT2D eigenvalue weighted by Gasteiger charge is 2.49. The Hall–Kier alpha value is -4.14.